The fourth-order valence-electron chi connectivity index (χ4n) is 2.20. The van der Waals surface area contributed by atoms with Gasteiger partial charge in [-0.05, 0) is 18.2 Å². The number of hydrogen-bond acceptors (Lipinski definition) is 7. The summed E-state index contributed by atoms with van der Waals surface area (Å²) in [7, 11) is -3.82. The van der Waals surface area contributed by atoms with Crippen molar-refractivity contribution < 1.29 is 13.3 Å². The molecule has 2 aromatic heterocycles. The number of pyridine rings is 1. The second-order valence-corrected chi connectivity index (χ2v) is 7.95. The summed E-state index contributed by atoms with van der Waals surface area (Å²) in [6, 6.07) is 10.5. The van der Waals surface area contributed by atoms with Gasteiger partial charge in [-0.3, -0.25) is 15.1 Å². The summed E-state index contributed by atoms with van der Waals surface area (Å²) in [5.41, 5.74) is 1.23. The van der Waals surface area contributed by atoms with Crippen molar-refractivity contribution in [2.45, 2.75) is 11.3 Å². The van der Waals surface area contributed by atoms with Gasteiger partial charge in [0.25, 0.3) is 5.69 Å². The average Bonchev–Trinajstić information content (AvgIpc) is 3.11. The van der Waals surface area contributed by atoms with E-state index < -0.39 is 14.9 Å². The van der Waals surface area contributed by atoms with Gasteiger partial charge in [-0.15, -0.1) is 11.3 Å². The van der Waals surface area contributed by atoms with Crippen LogP contribution in [0, 0.1) is 10.1 Å². The van der Waals surface area contributed by atoms with Gasteiger partial charge in [0.1, 0.15) is 0 Å². The molecule has 0 saturated heterocycles. The molecule has 134 valence electrons. The Kier molecular flexibility index (Phi) is 5.35. The fourth-order valence-corrected chi connectivity index (χ4v) is 4.06. The van der Waals surface area contributed by atoms with Crippen LogP contribution < -0.4 is 4.72 Å². The van der Waals surface area contributed by atoms with Gasteiger partial charge in [-0.2, -0.15) is 0 Å². The van der Waals surface area contributed by atoms with Crippen molar-refractivity contribution in [1.82, 2.24) is 14.7 Å². The zero-order chi connectivity index (χ0) is 18.6. The number of aromatic nitrogens is 2. The van der Waals surface area contributed by atoms with Crippen LogP contribution in [-0.4, -0.2) is 29.9 Å². The molecular weight excluding hydrogens is 376 g/mol. The highest BCUT2D eigenvalue weighted by Gasteiger charge is 2.17. The van der Waals surface area contributed by atoms with Gasteiger partial charge in [0.15, 0.2) is 0 Å². The third-order valence-corrected chi connectivity index (χ3v) is 5.82. The smallest absolute Gasteiger partial charge is 0.258 e. The highest BCUT2D eigenvalue weighted by molar-refractivity contribution is 7.89. The highest BCUT2D eigenvalue weighted by Crippen LogP contribution is 2.20. The normalized spacial score (nSPS) is 11.4. The zero-order valence-electron chi connectivity index (χ0n) is 13.4. The SMILES string of the molecule is O=[N+]([O-])c1cccc(S(=O)(=O)NCCc2nc(-c3ccccn3)cs2)c1. The van der Waals surface area contributed by atoms with E-state index in [1.54, 1.807) is 6.20 Å². The third-order valence-electron chi connectivity index (χ3n) is 3.45. The number of nitrogens with one attached hydrogen (secondary N) is 1. The van der Waals surface area contributed by atoms with Crippen molar-refractivity contribution in [1.29, 1.82) is 0 Å². The Morgan fingerprint density at radius 3 is 2.73 bits per heavy atom. The van der Waals surface area contributed by atoms with E-state index in [1.165, 1.54) is 29.5 Å². The van der Waals surface area contributed by atoms with Crippen LogP contribution in [0.3, 0.4) is 0 Å². The largest absolute Gasteiger partial charge is 0.270 e. The molecule has 2 heterocycles. The summed E-state index contributed by atoms with van der Waals surface area (Å²) >= 11 is 1.42. The second kappa shape index (κ2) is 7.68. The Labute approximate surface area is 153 Å². The van der Waals surface area contributed by atoms with Gasteiger partial charge < -0.3 is 0 Å². The van der Waals surface area contributed by atoms with Crippen LogP contribution in [0.4, 0.5) is 5.69 Å². The zero-order valence-corrected chi connectivity index (χ0v) is 15.0. The summed E-state index contributed by atoms with van der Waals surface area (Å²) in [4.78, 5) is 18.7. The molecule has 0 aliphatic rings. The molecule has 0 bridgehead atoms. The Morgan fingerprint density at radius 2 is 2.00 bits per heavy atom. The lowest BCUT2D eigenvalue weighted by molar-refractivity contribution is -0.385. The van der Waals surface area contributed by atoms with Gasteiger partial charge in [0, 0.05) is 36.7 Å². The first kappa shape index (κ1) is 18.1. The number of benzene rings is 1. The number of sulfonamides is 1. The van der Waals surface area contributed by atoms with Gasteiger partial charge in [-0.1, -0.05) is 12.1 Å². The maximum atomic E-state index is 12.3. The number of hydrogen-bond donors (Lipinski definition) is 1. The summed E-state index contributed by atoms with van der Waals surface area (Å²) in [6.07, 6.45) is 2.09. The molecule has 0 fully saturated rings. The van der Waals surface area contributed by atoms with Crippen molar-refractivity contribution in [3.8, 4) is 11.4 Å². The van der Waals surface area contributed by atoms with Gasteiger partial charge in [0.05, 0.1) is 26.2 Å². The van der Waals surface area contributed by atoms with E-state index in [-0.39, 0.29) is 17.1 Å². The fraction of sp³-hybridized carbons (Fsp3) is 0.125. The molecular formula is C16H14N4O4S2. The lowest BCUT2D eigenvalue weighted by Crippen LogP contribution is -2.26. The third kappa shape index (κ3) is 4.28. The molecule has 26 heavy (non-hydrogen) atoms. The Balaban J connectivity index is 1.63. The number of thiazole rings is 1. The minimum atomic E-state index is -3.82. The summed E-state index contributed by atoms with van der Waals surface area (Å²) in [5, 5.41) is 13.4. The molecule has 3 rings (SSSR count). The molecule has 1 N–H and O–H groups in total. The molecule has 0 saturated carbocycles. The molecule has 10 heteroatoms. The van der Waals surface area contributed by atoms with Crippen LogP contribution in [0.25, 0.3) is 11.4 Å². The maximum Gasteiger partial charge on any atom is 0.270 e. The van der Waals surface area contributed by atoms with Crippen LogP contribution in [0.2, 0.25) is 0 Å². The van der Waals surface area contributed by atoms with Gasteiger partial charge >= 0.3 is 0 Å². The van der Waals surface area contributed by atoms with Crippen molar-refractivity contribution >= 4 is 27.0 Å². The average molecular weight is 390 g/mol. The van der Waals surface area contributed by atoms with Crippen molar-refractivity contribution in [3.05, 3.63) is 69.2 Å². The Morgan fingerprint density at radius 1 is 1.15 bits per heavy atom. The van der Waals surface area contributed by atoms with Gasteiger partial charge in [-0.25, -0.2) is 18.1 Å². The van der Waals surface area contributed by atoms with Crippen LogP contribution in [0.1, 0.15) is 5.01 Å². The number of nitro groups is 1. The van der Waals surface area contributed by atoms with Crippen molar-refractivity contribution in [2.24, 2.45) is 0 Å². The number of nitro benzene ring substituents is 1. The predicted octanol–water partition coefficient (Wildman–Crippen LogP) is 2.63. The van der Waals surface area contributed by atoms with E-state index in [2.05, 4.69) is 14.7 Å². The standard InChI is InChI=1S/C16H14N4O4S2/c21-20(22)12-4-3-5-13(10-12)26(23,24)18-9-7-16-19-15(11-25-16)14-6-1-2-8-17-14/h1-6,8,10-11,18H,7,9H2. The first-order chi connectivity index (χ1) is 12.5. The first-order valence-corrected chi connectivity index (χ1v) is 9.92. The van der Waals surface area contributed by atoms with Crippen LogP contribution in [-0.2, 0) is 16.4 Å². The molecule has 0 aliphatic heterocycles. The van der Waals surface area contributed by atoms with E-state index in [0.717, 1.165) is 22.5 Å². The van der Waals surface area contributed by atoms with Crippen LogP contribution in [0.15, 0.2) is 58.9 Å². The van der Waals surface area contributed by atoms with Crippen LogP contribution in [0.5, 0.6) is 0 Å². The summed E-state index contributed by atoms with van der Waals surface area (Å²) in [6.45, 7) is 0.139. The van der Waals surface area contributed by atoms with E-state index in [0.29, 0.717) is 6.42 Å². The molecule has 0 atom stereocenters. The Hall–Kier alpha value is -2.69. The van der Waals surface area contributed by atoms with E-state index >= 15 is 0 Å². The van der Waals surface area contributed by atoms with Crippen LogP contribution >= 0.6 is 11.3 Å². The number of nitrogens with zero attached hydrogens (tertiary/aromatic N) is 3. The summed E-state index contributed by atoms with van der Waals surface area (Å²) in [5.74, 6) is 0. The topological polar surface area (TPSA) is 115 Å². The van der Waals surface area contributed by atoms with E-state index in [1.807, 2.05) is 23.6 Å². The molecule has 0 aliphatic carbocycles. The lowest BCUT2D eigenvalue weighted by atomic mass is 10.3. The molecule has 0 unspecified atom stereocenters. The number of non-ortho nitro benzene ring substituents is 1. The molecule has 0 spiro atoms. The number of rotatable bonds is 7. The lowest BCUT2D eigenvalue weighted by Gasteiger charge is -2.05. The summed E-state index contributed by atoms with van der Waals surface area (Å²) < 4.78 is 27.0. The quantitative estimate of drug-likeness (QED) is 0.490. The van der Waals surface area contributed by atoms with Crippen molar-refractivity contribution in [3.63, 3.8) is 0 Å². The maximum absolute atomic E-state index is 12.3. The minimum absolute atomic E-state index is 0.139. The molecule has 0 amide bonds. The predicted molar refractivity (Wildman–Crippen MR) is 97.3 cm³/mol. The minimum Gasteiger partial charge on any atom is -0.258 e. The highest BCUT2D eigenvalue weighted by atomic mass is 32.2. The van der Waals surface area contributed by atoms with E-state index in [9.17, 15) is 18.5 Å². The van der Waals surface area contributed by atoms with Crippen molar-refractivity contribution in [2.75, 3.05) is 6.54 Å². The van der Waals surface area contributed by atoms with E-state index in [4.69, 9.17) is 0 Å². The molecule has 1 aromatic carbocycles. The first-order valence-electron chi connectivity index (χ1n) is 7.56. The molecule has 3 aromatic rings. The molecule has 0 radical (unpaired) electrons. The monoisotopic (exact) mass is 390 g/mol. The van der Waals surface area contributed by atoms with Gasteiger partial charge in [0.2, 0.25) is 10.0 Å². The Bertz CT molecular complexity index is 1020. The second-order valence-electron chi connectivity index (χ2n) is 5.24. The molecule has 8 nitrogen and oxygen atoms in total.